The van der Waals surface area contributed by atoms with Crippen molar-refractivity contribution >= 4 is 5.91 Å². The van der Waals surface area contributed by atoms with Gasteiger partial charge in [-0.3, -0.25) is 4.79 Å². The highest BCUT2D eigenvalue weighted by Crippen LogP contribution is 2.37. The highest BCUT2D eigenvalue weighted by Gasteiger charge is 2.36. The fraction of sp³-hybridized carbons (Fsp3) is 0.533. The summed E-state index contributed by atoms with van der Waals surface area (Å²) in [6.45, 7) is 0. The van der Waals surface area contributed by atoms with Crippen molar-refractivity contribution in [2.75, 3.05) is 14.1 Å². The van der Waals surface area contributed by atoms with Gasteiger partial charge in [-0.2, -0.15) is 0 Å². The fourth-order valence-electron chi connectivity index (χ4n) is 3.08. The second-order valence-corrected chi connectivity index (χ2v) is 5.52. The molecule has 0 bridgehead atoms. The Morgan fingerprint density at radius 3 is 2.44 bits per heavy atom. The number of likely N-dealkylation sites (N-methyl/N-ethyl adjacent to an activating group) is 1. The maximum Gasteiger partial charge on any atom is 0.248 e. The minimum Gasteiger partial charge on any atom is -0.366 e. The van der Waals surface area contributed by atoms with Gasteiger partial charge >= 0.3 is 0 Å². The minimum absolute atomic E-state index is 0.200. The Balaban J connectivity index is 2.30. The van der Waals surface area contributed by atoms with Crippen molar-refractivity contribution in [2.45, 2.75) is 37.6 Å². The standard InChI is InChI=1S/C15H22N2O/c1-17(2)15(9-5-6-10-15)11-12-7-3-4-8-13(12)14(16)18/h3-4,7-8H,5-6,9-11H2,1-2H3,(H2,16,18). The maximum atomic E-state index is 11.5. The molecule has 0 aromatic heterocycles. The lowest BCUT2D eigenvalue weighted by Gasteiger charge is -2.37. The summed E-state index contributed by atoms with van der Waals surface area (Å²) in [6, 6.07) is 7.72. The molecular weight excluding hydrogens is 224 g/mol. The SMILES string of the molecule is CN(C)C1(Cc2ccccc2C(N)=O)CCCC1. The van der Waals surface area contributed by atoms with Crippen molar-refractivity contribution in [3.8, 4) is 0 Å². The van der Waals surface area contributed by atoms with Crippen LogP contribution in [0.1, 0.15) is 41.6 Å². The van der Waals surface area contributed by atoms with E-state index in [9.17, 15) is 4.79 Å². The van der Waals surface area contributed by atoms with Gasteiger partial charge in [0.1, 0.15) is 0 Å². The van der Waals surface area contributed by atoms with Crippen LogP contribution >= 0.6 is 0 Å². The van der Waals surface area contributed by atoms with E-state index in [0.29, 0.717) is 5.56 Å². The minimum atomic E-state index is -0.322. The van der Waals surface area contributed by atoms with Crippen LogP contribution in [0, 0.1) is 0 Å². The number of hydrogen-bond donors (Lipinski definition) is 1. The van der Waals surface area contributed by atoms with E-state index < -0.39 is 0 Å². The zero-order chi connectivity index (χ0) is 13.2. The van der Waals surface area contributed by atoms with Crippen LogP contribution in [0.3, 0.4) is 0 Å². The molecule has 0 spiro atoms. The van der Waals surface area contributed by atoms with Gasteiger partial charge in [-0.1, -0.05) is 31.0 Å². The number of benzene rings is 1. The molecule has 3 heteroatoms. The Hall–Kier alpha value is -1.35. The smallest absolute Gasteiger partial charge is 0.248 e. The average molecular weight is 246 g/mol. The summed E-state index contributed by atoms with van der Waals surface area (Å²) in [4.78, 5) is 13.8. The number of amides is 1. The molecular formula is C15H22N2O. The van der Waals surface area contributed by atoms with Gasteiger partial charge < -0.3 is 10.6 Å². The first-order chi connectivity index (χ1) is 8.55. The van der Waals surface area contributed by atoms with Crippen LogP contribution in [0.5, 0.6) is 0 Å². The predicted molar refractivity (Wildman–Crippen MR) is 73.5 cm³/mol. The molecule has 0 unspecified atom stereocenters. The maximum absolute atomic E-state index is 11.5. The molecule has 1 saturated carbocycles. The quantitative estimate of drug-likeness (QED) is 0.885. The van der Waals surface area contributed by atoms with E-state index in [-0.39, 0.29) is 11.4 Å². The van der Waals surface area contributed by atoms with E-state index >= 15 is 0 Å². The Kier molecular flexibility index (Phi) is 3.71. The van der Waals surface area contributed by atoms with E-state index in [0.717, 1.165) is 12.0 Å². The number of hydrogen-bond acceptors (Lipinski definition) is 2. The summed E-state index contributed by atoms with van der Waals surface area (Å²) < 4.78 is 0. The molecule has 2 N–H and O–H groups in total. The molecule has 0 radical (unpaired) electrons. The predicted octanol–water partition coefficient (Wildman–Crippen LogP) is 2.20. The van der Waals surface area contributed by atoms with E-state index in [2.05, 4.69) is 19.0 Å². The van der Waals surface area contributed by atoms with Gasteiger partial charge in [0.25, 0.3) is 0 Å². The molecule has 0 atom stereocenters. The lowest BCUT2D eigenvalue weighted by atomic mass is 9.86. The number of rotatable bonds is 4. The summed E-state index contributed by atoms with van der Waals surface area (Å²) in [5.41, 5.74) is 7.41. The van der Waals surface area contributed by atoms with Gasteiger partial charge in [0.05, 0.1) is 0 Å². The number of primary amides is 1. The third kappa shape index (κ3) is 2.41. The van der Waals surface area contributed by atoms with Gasteiger partial charge in [-0.25, -0.2) is 0 Å². The first-order valence-electron chi connectivity index (χ1n) is 6.60. The number of carbonyl (C=O) groups excluding carboxylic acids is 1. The Morgan fingerprint density at radius 2 is 1.89 bits per heavy atom. The first-order valence-corrected chi connectivity index (χ1v) is 6.60. The zero-order valence-electron chi connectivity index (χ0n) is 11.3. The van der Waals surface area contributed by atoms with Crippen molar-refractivity contribution in [1.82, 2.24) is 4.90 Å². The Labute approximate surface area is 109 Å². The Bertz CT molecular complexity index is 434. The van der Waals surface area contributed by atoms with E-state index in [1.54, 1.807) is 0 Å². The molecule has 3 nitrogen and oxygen atoms in total. The van der Waals surface area contributed by atoms with Crippen LogP contribution in [0.2, 0.25) is 0 Å². The first kappa shape index (κ1) is 13.1. The van der Waals surface area contributed by atoms with Gasteiger partial charge in [-0.05, 0) is 45.0 Å². The summed E-state index contributed by atoms with van der Waals surface area (Å²) >= 11 is 0. The third-order valence-corrected chi connectivity index (χ3v) is 4.29. The zero-order valence-corrected chi connectivity index (χ0v) is 11.3. The molecule has 1 aromatic carbocycles. The number of nitrogens with two attached hydrogens (primary N) is 1. The second-order valence-electron chi connectivity index (χ2n) is 5.52. The average Bonchev–Trinajstić information content (AvgIpc) is 2.79. The van der Waals surface area contributed by atoms with Gasteiger partial charge in [0.15, 0.2) is 0 Å². The molecule has 1 aliphatic rings. The normalized spacial score (nSPS) is 18.2. The largest absolute Gasteiger partial charge is 0.366 e. The molecule has 1 amide bonds. The van der Waals surface area contributed by atoms with Crippen molar-refractivity contribution in [2.24, 2.45) is 5.73 Å². The van der Waals surface area contributed by atoms with Crippen molar-refractivity contribution < 1.29 is 4.79 Å². The highest BCUT2D eigenvalue weighted by atomic mass is 16.1. The third-order valence-electron chi connectivity index (χ3n) is 4.29. The summed E-state index contributed by atoms with van der Waals surface area (Å²) in [5.74, 6) is -0.322. The highest BCUT2D eigenvalue weighted by molar-refractivity contribution is 5.94. The molecule has 18 heavy (non-hydrogen) atoms. The van der Waals surface area contributed by atoms with E-state index in [4.69, 9.17) is 5.73 Å². The van der Waals surface area contributed by atoms with Crippen LogP contribution < -0.4 is 5.73 Å². The number of carbonyl (C=O) groups is 1. The Morgan fingerprint density at radius 1 is 1.28 bits per heavy atom. The van der Waals surface area contributed by atoms with Crippen molar-refractivity contribution in [3.05, 3.63) is 35.4 Å². The van der Waals surface area contributed by atoms with E-state index in [1.165, 1.54) is 25.7 Å². The van der Waals surface area contributed by atoms with E-state index in [1.807, 2.05) is 24.3 Å². The second kappa shape index (κ2) is 5.11. The van der Waals surface area contributed by atoms with Crippen LogP contribution in [0.15, 0.2) is 24.3 Å². The van der Waals surface area contributed by atoms with Gasteiger partial charge in [-0.15, -0.1) is 0 Å². The molecule has 1 aliphatic carbocycles. The summed E-state index contributed by atoms with van der Waals surface area (Å²) in [5, 5.41) is 0. The van der Waals surface area contributed by atoms with Crippen LogP contribution in [-0.4, -0.2) is 30.4 Å². The fourth-order valence-corrected chi connectivity index (χ4v) is 3.08. The molecule has 2 rings (SSSR count). The molecule has 98 valence electrons. The number of nitrogens with zero attached hydrogens (tertiary/aromatic N) is 1. The van der Waals surface area contributed by atoms with Crippen LogP contribution in [-0.2, 0) is 6.42 Å². The van der Waals surface area contributed by atoms with Gasteiger partial charge in [0.2, 0.25) is 5.91 Å². The topological polar surface area (TPSA) is 46.3 Å². The molecule has 0 heterocycles. The lowest BCUT2D eigenvalue weighted by Crippen LogP contribution is -2.44. The summed E-state index contributed by atoms with van der Waals surface area (Å²) in [7, 11) is 4.27. The molecule has 1 aromatic rings. The van der Waals surface area contributed by atoms with Crippen LogP contribution in [0.25, 0.3) is 0 Å². The molecule has 0 aliphatic heterocycles. The monoisotopic (exact) mass is 246 g/mol. The summed E-state index contributed by atoms with van der Waals surface area (Å²) in [6.07, 6.45) is 5.87. The molecule has 1 fully saturated rings. The van der Waals surface area contributed by atoms with Crippen LogP contribution in [0.4, 0.5) is 0 Å². The van der Waals surface area contributed by atoms with Crippen molar-refractivity contribution in [3.63, 3.8) is 0 Å². The van der Waals surface area contributed by atoms with Crippen molar-refractivity contribution in [1.29, 1.82) is 0 Å². The lowest BCUT2D eigenvalue weighted by molar-refractivity contribution is 0.0997. The molecule has 0 saturated heterocycles. The van der Waals surface area contributed by atoms with Gasteiger partial charge in [0, 0.05) is 11.1 Å².